The SMILES string of the molecule is CS(=O)(=O)NCC1CCCN(C(=O)CCNS(=O)(=O)c2ccc3c(c2)CCCC3)C1. The van der Waals surface area contributed by atoms with E-state index in [2.05, 4.69) is 9.44 Å². The fraction of sp³-hybridized carbons (Fsp3) is 0.650. The molecule has 30 heavy (non-hydrogen) atoms. The highest BCUT2D eigenvalue weighted by atomic mass is 32.2. The normalized spacial score (nSPS) is 20.0. The standard InChI is InChI=1S/C20H31N3O5S2/c1-29(25,26)22-14-16-5-4-12-23(15-16)20(24)10-11-21-30(27,28)19-9-8-17-6-2-3-7-18(17)13-19/h8-9,13,16,21-22H,2-7,10-12,14-15H2,1H3. The zero-order valence-corrected chi connectivity index (χ0v) is 19.0. The van der Waals surface area contributed by atoms with Crippen molar-refractivity contribution in [2.24, 2.45) is 5.92 Å². The minimum absolute atomic E-state index is 0.0427. The van der Waals surface area contributed by atoms with E-state index in [1.54, 1.807) is 17.0 Å². The molecule has 1 aliphatic heterocycles. The summed E-state index contributed by atoms with van der Waals surface area (Å²) in [7, 11) is -6.91. The predicted molar refractivity (Wildman–Crippen MR) is 115 cm³/mol. The molecule has 2 N–H and O–H groups in total. The van der Waals surface area contributed by atoms with Gasteiger partial charge in [-0.1, -0.05) is 6.07 Å². The summed E-state index contributed by atoms with van der Waals surface area (Å²) in [5.41, 5.74) is 2.32. The highest BCUT2D eigenvalue weighted by Gasteiger charge is 2.25. The third-order valence-corrected chi connectivity index (χ3v) is 7.92. The van der Waals surface area contributed by atoms with Crippen molar-refractivity contribution in [1.29, 1.82) is 0 Å². The number of hydrogen-bond donors (Lipinski definition) is 2. The third-order valence-electron chi connectivity index (χ3n) is 5.77. The highest BCUT2D eigenvalue weighted by Crippen LogP contribution is 2.24. The predicted octanol–water partition coefficient (Wildman–Crippen LogP) is 1.02. The van der Waals surface area contributed by atoms with Gasteiger partial charge in [-0.05, 0) is 67.7 Å². The summed E-state index contributed by atoms with van der Waals surface area (Å²) in [6.45, 7) is 1.46. The van der Waals surface area contributed by atoms with Crippen molar-refractivity contribution in [1.82, 2.24) is 14.3 Å². The molecule has 2 aliphatic rings. The molecule has 0 spiro atoms. The van der Waals surface area contributed by atoms with E-state index in [4.69, 9.17) is 0 Å². The number of nitrogens with one attached hydrogen (secondary N) is 2. The van der Waals surface area contributed by atoms with Gasteiger partial charge in [0.25, 0.3) is 0 Å². The topological polar surface area (TPSA) is 113 Å². The summed E-state index contributed by atoms with van der Waals surface area (Å²) in [4.78, 5) is 14.5. The quantitative estimate of drug-likeness (QED) is 0.605. The molecular weight excluding hydrogens is 426 g/mol. The molecule has 1 atom stereocenters. The molecule has 0 bridgehead atoms. The van der Waals surface area contributed by atoms with Crippen molar-refractivity contribution in [3.63, 3.8) is 0 Å². The minimum atomic E-state index is -3.65. The van der Waals surface area contributed by atoms with Crippen molar-refractivity contribution in [3.8, 4) is 0 Å². The summed E-state index contributed by atoms with van der Waals surface area (Å²) in [6.07, 6.45) is 6.98. The molecule has 8 nitrogen and oxygen atoms in total. The van der Waals surface area contributed by atoms with E-state index >= 15 is 0 Å². The van der Waals surface area contributed by atoms with E-state index < -0.39 is 20.0 Å². The van der Waals surface area contributed by atoms with Crippen LogP contribution in [0.3, 0.4) is 0 Å². The van der Waals surface area contributed by atoms with Crippen molar-refractivity contribution in [3.05, 3.63) is 29.3 Å². The Morgan fingerprint density at radius 1 is 1.07 bits per heavy atom. The largest absolute Gasteiger partial charge is 0.342 e. The van der Waals surface area contributed by atoms with Gasteiger partial charge in [-0.15, -0.1) is 0 Å². The Kier molecular flexibility index (Phi) is 7.54. The van der Waals surface area contributed by atoms with E-state index in [0.717, 1.165) is 50.3 Å². The first-order valence-corrected chi connectivity index (χ1v) is 13.9. The molecule has 10 heteroatoms. The van der Waals surface area contributed by atoms with Crippen LogP contribution in [-0.2, 0) is 37.7 Å². The summed E-state index contributed by atoms with van der Waals surface area (Å²) in [5.74, 6) is -0.0446. The molecule has 0 aromatic heterocycles. The van der Waals surface area contributed by atoms with Crippen LogP contribution in [0.2, 0.25) is 0 Å². The molecule has 1 unspecified atom stereocenters. The van der Waals surface area contributed by atoms with Crippen molar-refractivity contribution in [2.75, 3.05) is 32.4 Å². The number of fused-ring (bicyclic) bond motifs is 1. The molecule has 3 rings (SSSR count). The zero-order chi connectivity index (χ0) is 21.8. The molecule has 1 aliphatic carbocycles. The molecule has 1 fully saturated rings. The molecule has 1 aromatic rings. The maximum atomic E-state index is 12.6. The van der Waals surface area contributed by atoms with Crippen LogP contribution < -0.4 is 9.44 Å². The number of amides is 1. The number of piperidine rings is 1. The second kappa shape index (κ2) is 9.76. The van der Waals surface area contributed by atoms with Crippen LogP contribution in [0.25, 0.3) is 0 Å². The van der Waals surface area contributed by atoms with Gasteiger partial charge in [0.2, 0.25) is 26.0 Å². The van der Waals surface area contributed by atoms with Gasteiger partial charge < -0.3 is 4.90 Å². The molecule has 1 heterocycles. The lowest BCUT2D eigenvalue weighted by molar-refractivity contribution is -0.132. The Labute approximate surface area is 179 Å². The lowest BCUT2D eigenvalue weighted by Gasteiger charge is -2.32. The van der Waals surface area contributed by atoms with Gasteiger partial charge >= 0.3 is 0 Å². The highest BCUT2D eigenvalue weighted by molar-refractivity contribution is 7.89. The molecule has 0 radical (unpaired) electrons. The van der Waals surface area contributed by atoms with Crippen LogP contribution in [0.15, 0.2) is 23.1 Å². The average molecular weight is 458 g/mol. The van der Waals surface area contributed by atoms with E-state index in [0.29, 0.717) is 19.6 Å². The number of likely N-dealkylation sites (tertiary alicyclic amines) is 1. The fourth-order valence-corrected chi connectivity index (χ4v) is 5.76. The number of carbonyl (C=O) groups excluding carboxylic acids is 1. The Hall–Kier alpha value is -1.49. The first-order valence-electron chi connectivity index (χ1n) is 10.5. The second-order valence-electron chi connectivity index (χ2n) is 8.25. The van der Waals surface area contributed by atoms with Crippen LogP contribution in [0.1, 0.15) is 43.2 Å². The minimum Gasteiger partial charge on any atom is -0.342 e. The number of rotatable bonds is 8. The number of sulfonamides is 2. The third kappa shape index (κ3) is 6.50. The van der Waals surface area contributed by atoms with Crippen LogP contribution in [0.5, 0.6) is 0 Å². The number of aryl methyl sites for hydroxylation is 2. The Morgan fingerprint density at radius 2 is 1.80 bits per heavy atom. The van der Waals surface area contributed by atoms with Crippen LogP contribution in [0.4, 0.5) is 0 Å². The monoisotopic (exact) mass is 457 g/mol. The van der Waals surface area contributed by atoms with Gasteiger partial charge in [0.05, 0.1) is 11.2 Å². The lowest BCUT2D eigenvalue weighted by atomic mass is 9.92. The summed E-state index contributed by atoms with van der Waals surface area (Å²) < 4.78 is 52.8. The molecular formula is C20H31N3O5S2. The van der Waals surface area contributed by atoms with Crippen molar-refractivity contribution < 1.29 is 21.6 Å². The number of hydrogen-bond acceptors (Lipinski definition) is 5. The number of benzene rings is 1. The molecule has 0 saturated carbocycles. The first-order chi connectivity index (χ1) is 14.1. The number of nitrogens with zero attached hydrogens (tertiary/aromatic N) is 1. The smallest absolute Gasteiger partial charge is 0.240 e. The first kappa shape index (κ1) is 23.2. The molecule has 1 aromatic carbocycles. The van der Waals surface area contributed by atoms with E-state index in [1.165, 1.54) is 5.56 Å². The maximum absolute atomic E-state index is 12.6. The molecule has 1 amide bonds. The van der Waals surface area contributed by atoms with Crippen molar-refractivity contribution in [2.45, 2.75) is 49.8 Å². The summed E-state index contributed by atoms with van der Waals surface area (Å²) >= 11 is 0. The summed E-state index contributed by atoms with van der Waals surface area (Å²) in [6, 6.07) is 5.29. The van der Waals surface area contributed by atoms with Gasteiger partial charge in [-0.25, -0.2) is 26.3 Å². The van der Waals surface area contributed by atoms with Crippen LogP contribution in [0, 0.1) is 5.92 Å². The van der Waals surface area contributed by atoms with E-state index in [9.17, 15) is 21.6 Å². The van der Waals surface area contributed by atoms with Crippen LogP contribution in [-0.4, -0.2) is 60.1 Å². The van der Waals surface area contributed by atoms with E-state index in [1.807, 2.05) is 6.07 Å². The second-order valence-corrected chi connectivity index (χ2v) is 11.9. The maximum Gasteiger partial charge on any atom is 0.240 e. The Bertz CT molecular complexity index is 976. The lowest BCUT2D eigenvalue weighted by Crippen LogP contribution is -2.44. The van der Waals surface area contributed by atoms with Gasteiger partial charge in [-0.2, -0.15) is 0 Å². The average Bonchev–Trinajstić information content (AvgIpc) is 2.71. The van der Waals surface area contributed by atoms with Gasteiger partial charge in [-0.3, -0.25) is 4.79 Å². The van der Waals surface area contributed by atoms with Crippen molar-refractivity contribution >= 4 is 26.0 Å². The summed E-state index contributed by atoms with van der Waals surface area (Å²) in [5, 5.41) is 0. The molecule has 168 valence electrons. The van der Waals surface area contributed by atoms with Crippen LogP contribution >= 0.6 is 0 Å². The Morgan fingerprint density at radius 3 is 2.53 bits per heavy atom. The number of carbonyl (C=O) groups is 1. The van der Waals surface area contributed by atoms with Gasteiger partial charge in [0.15, 0.2) is 0 Å². The molecule has 1 saturated heterocycles. The Balaban J connectivity index is 1.49. The van der Waals surface area contributed by atoms with Gasteiger partial charge in [0, 0.05) is 32.6 Å². The fourth-order valence-electron chi connectivity index (χ4n) is 4.14. The zero-order valence-electron chi connectivity index (χ0n) is 17.4. The van der Waals surface area contributed by atoms with Gasteiger partial charge in [0.1, 0.15) is 0 Å². The van der Waals surface area contributed by atoms with E-state index in [-0.39, 0.29) is 29.7 Å².